The van der Waals surface area contributed by atoms with E-state index in [-0.39, 0.29) is 11.5 Å². The van der Waals surface area contributed by atoms with E-state index in [1.165, 1.54) is 0 Å². The molecule has 3 fully saturated rings. The molecule has 154 valence electrons. The van der Waals surface area contributed by atoms with Gasteiger partial charge in [-0.2, -0.15) is 0 Å². The Balaban J connectivity index is 1.41. The van der Waals surface area contributed by atoms with Crippen molar-refractivity contribution in [1.82, 2.24) is 14.9 Å². The number of aromatic nitrogens is 2. The highest BCUT2D eigenvalue weighted by atomic mass is 16.5. The molecular formula is C22H34N4O2. The van der Waals surface area contributed by atoms with Gasteiger partial charge in [-0.1, -0.05) is 13.8 Å². The maximum absolute atomic E-state index is 12.5. The van der Waals surface area contributed by atoms with Gasteiger partial charge in [0, 0.05) is 51.0 Å². The third-order valence-electron chi connectivity index (χ3n) is 6.78. The number of likely N-dealkylation sites (tertiary alicyclic amines) is 1. The highest BCUT2D eigenvalue weighted by Gasteiger charge is 2.42. The summed E-state index contributed by atoms with van der Waals surface area (Å²) in [5, 5.41) is 0. The Morgan fingerprint density at radius 1 is 1.25 bits per heavy atom. The number of aryl methyl sites for hydroxylation is 1. The van der Waals surface area contributed by atoms with Crippen LogP contribution in [0.4, 0.5) is 5.82 Å². The van der Waals surface area contributed by atoms with Gasteiger partial charge in [0.2, 0.25) is 5.91 Å². The summed E-state index contributed by atoms with van der Waals surface area (Å²) in [4.78, 5) is 26.3. The zero-order valence-electron chi connectivity index (χ0n) is 17.6. The minimum atomic E-state index is 0.248. The lowest BCUT2D eigenvalue weighted by atomic mass is 9.72. The normalized spacial score (nSPS) is 25.1. The molecule has 3 aliphatic heterocycles. The van der Waals surface area contributed by atoms with E-state index >= 15 is 0 Å². The van der Waals surface area contributed by atoms with Gasteiger partial charge >= 0.3 is 0 Å². The second-order valence-electron chi connectivity index (χ2n) is 9.25. The van der Waals surface area contributed by atoms with Crippen molar-refractivity contribution >= 4 is 11.7 Å². The van der Waals surface area contributed by atoms with Crippen LogP contribution in [0.2, 0.25) is 0 Å². The fraction of sp³-hybridized carbons (Fsp3) is 0.773. The minimum Gasteiger partial charge on any atom is -0.376 e. The van der Waals surface area contributed by atoms with E-state index < -0.39 is 0 Å². The molecule has 0 saturated carbocycles. The number of hydrogen-bond donors (Lipinski definition) is 0. The van der Waals surface area contributed by atoms with E-state index in [2.05, 4.69) is 34.7 Å². The smallest absolute Gasteiger partial charge is 0.222 e. The molecule has 3 saturated heterocycles. The van der Waals surface area contributed by atoms with Gasteiger partial charge in [-0.25, -0.2) is 9.97 Å². The summed E-state index contributed by atoms with van der Waals surface area (Å²) >= 11 is 0. The van der Waals surface area contributed by atoms with E-state index in [4.69, 9.17) is 9.72 Å². The number of nitrogens with zero attached hydrogens (tertiary/aromatic N) is 4. The number of piperidine rings is 2. The van der Waals surface area contributed by atoms with Crippen molar-refractivity contribution in [1.29, 1.82) is 0 Å². The van der Waals surface area contributed by atoms with E-state index in [1.54, 1.807) is 0 Å². The Bertz CT molecular complexity index is 706. The summed E-state index contributed by atoms with van der Waals surface area (Å²) < 4.78 is 5.78. The Morgan fingerprint density at radius 3 is 2.71 bits per heavy atom. The van der Waals surface area contributed by atoms with Gasteiger partial charge in [0.05, 0.1) is 6.10 Å². The van der Waals surface area contributed by atoms with Crippen molar-refractivity contribution in [2.45, 2.75) is 71.3 Å². The van der Waals surface area contributed by atoms with Gasteiger partial charge in [-0.3, -0.25) is 4.79 Å². The van der Waals surface area contributed by atoms with Crippen molar-refractivity contribution in [3.63, 3.8) is 0 Å². The molecule has 1 spiro atoms. The number of hydrogen-bond acceptors (Lipinski definition) is 5. The molecule has 3 aliphatic rings. The molecule has 1 aromatic rings. The van der Waals surface area contributed by atoms with Crippen LogP contribution in [0.3, 0.4) is 0 Å². The Hall–Kier alpha value is -1.69. The largest absolute Gasteiger partial charge is 0.376 e. The molecule has 0 radical (unpaired) electrons. The first-order valence-electron chi connectivity index (χ1n) is 10.9. The number of carbonyl (C=O) groups excluding carboxylic acids is 1. The van der Waals surface area contributed by atoms with Crippen molar-refractivity contribution in [2.75, 3.05) is 37.7 Å². The van der Waals surface area contributed by atoms with Crippen LogP contribution in [0.25, 0.3) is 0 Å². The van der Waals surface area contributed by atoms with Crippen LogP contribution in [-0.2, 0) is 9.53 Å². The molecule has 1 aromatic heterocycles. The predicted molar refractivity (Wildman–Crippen MR) is 110 cm³/mol. The minimum absolute atomic E-state index is 0.248. The molecule has 0 N–H and O–H groups in total. The fourth-order valence-electron chi connectivity index (χ4n) is 4.95. The maximum atomic E-state index is 12.5. The van der Waals surface area contributed by atoms with Crippen molar-refractivity contribution in [3.8, 4) is 0 Å². The number of anilines is 1. The number of amides is 1. The highest BCUT2D eigenvalue weighted by Crippen LogP contribution is 2.41. The van der Waals surface area contributed by atoms with E-state index in [1.807, 2.05) is 6.92 Å². The maximum Gasteiger partial charge on any atom is 0.222 e. The van der Waals surface area contributed by atoms with Gasteiger partial charge in [-0.05, 0) is 50.4 Å². The predicted octanol–water partition coefficient (Wildman–Crippen LogP) is 3.30. The molecule has 4 heterocycles. The van der Waals surface area contributed by atoms with E-state index in [0.29, 0.717) is 18.2 Å². The summed E-state index contributed by atoms with van der Waals surface area (Å²) in [6, 6.07) is 2.16. The molecule has 0 aromatic carbocycles. The van der Waals surface area contributed by atoms with Gasteiger partial charge < -0.3 is 14.5 Å². The highest BCUT2D eigenvalue weighted by molar-refractivity contribution is 5.77. The second-order valence-corrected chi connectivity index (χ2v) is 9.25. The van der Waals surface area contributed by atoms with Gasteiger partial charge in [0.25, 0.3) is 0 Å². The number of carbonyl (C=O) groups is 1. The molecule has 1 atom stereocenters. The van der Waals surface area contributed by atoms with Crippen LogP contribution in [-0.4, -0.2) is 59.7 Å². The first-order valence-corrected chi connectivity index (χ1v) is 10.9. The summed E-state index contributed by atoms with van der Waals surface area (Å²) in [6.45, 7) is 10.9. The Labute approximate surface area is 168 Å². The second kappa shape index (κ2) is 7.97. The lowest BCUT2D eigenvalue weighted by Crippen LogP contribution is -2.53. The lowest BCUT2D eigenvalue weighted by Gasteiger charge is -2.48. The van der Waals surface area contributed by atoms with Crippen LogP contribution in [0.5, 0.6) is 0 Å². The quantitative estimate of drug-likeness (QED) is 0.795. The van der Waals surface area contributed by atoms with E-state index in [9.17, 15) is 4.79 Å². The summed E-state index contributed by atoms with van der Waals surface area (Å²) in [7, 11) is 0. The van der Waals surface area contributed by atoms with Crippen molar-refractivity contribution in [3.05, 3.63) is 17.6 Å². The van der Waals surface area contributed by atoms with Crippen molar-refractivity contribution in [2.24, 2.45) is 5.41 Å². The van der Waals surface area contributed by atoms with Crippen LogP contribution in [0.15, 0.2) is 6.07 Å². The average molecular weight is 387 g/mol. The monoisotopic (exact) mass is 386 g/mol. The van der Waals surface area contributed by atoms with Crippen LogP contribution < -0.4 is 4.90 Å². The molecular weight excluding hydrogens is 352 g/mol. The lowest BCUT2D eigenvalue weighted by molar-refractivity contribution is -0.140. The first-order chi connectivity index (χ1) is 13.4. The molecule has 4 rings (SSSR count). The van der Waals surface area contributed by atoms with Gasteiger partial charge in [-0.15, -0.1) is 0 Å². The zero-order chi connectivity index (χ0) is 19.7. The van der Waals surface area contributed by atoms with Gasteiger partial charge in [0.15, 0.2) is 0 Å². The summed E-state index contributed by atoms with van der Waals surface area (Å²) in [6.07, 6.45) is 6.44. The Morgan fingerprint density at radius 2 is 2.04 bits per heavy atom. The third-order valence-corrected chi connectivity index (χ3v) is 6.78. The summed E-state index contributed by atoms with van der Waals surface area (Å²) in [5.41, 5.74) is 1.39. The van der Waals surface area contributed by atoms with Crippen LogP contribution in [0, 0.1) is 12.3 Å². The van der Waals surface area contributed by atoms with Crippen molar-refractivity contribution < 1.29 is 9.53 Å². The first kappa shape index (κ1) is 19.6. The average Bonchev–Trinajstić information content (AvgIpc) is 3.18. The topological polar surface area (TPSA) is 58.6 Å². The van der Waals surface area contributed by atoms with Crippen LogP contribution in [0.1, 0.15) is 69.8 Å². The SMILES string of the molecule is Cc1nc(C(C)C)cc(N2CCC3(CCC(=O)N(CC4CCCO4)C3)CC2)n1. The van der Waals surface area contributed by atoms with Gasteiger partial charge in [0.1, 0.15) is 11.6 Å². The molecule has 28 heavy (non-hydrogen) atoms. The molecule has 1 unspecified atom stereocenters. The Kier molecular flexibility index (Phi) is 5.59. The number of rotatable bonds is 4. The molecule has 0 bridgehead atoms. The molecule has 1 amide bonds. The van der Waals surface area contributed by atoms with Crippen LogP contribution >= 0.6 is 0 Å². The summed E-state index contributed by atoms with van der Waals surface area (Å²) in [5.74, 6) is 2.64. The standard InChI is InChI=1S/C22H34N4O2/c1-16(2)19-13-20(24-17(3)23-19)25-10-8-22(9-11-25)7-6-21(27)26(15-22)14-18-5-4-12-28-18/h13,16,18H,4-12,14-15H2,1-3H3. The zero-order valence-corrected chi connectivity index (χ0v) is 17.6. The fourth-order valence-corrected chi connectivity index (χ4v) is 4.95. The van der Waals surface area contributed by atoms with E-state index in [0.717, 1.165) is 82.2 Å². The molecule has 6 nitrogen and oxygen atoms in total. The molecule has 6 heteroatoms. The number of ether oxygens (including phenoxy) is 1. The third kappa shape index (κ3) is 4.17. The molecule has 0 aliphatic carbocycles.